The van der Waals surface area contributed by atoms with E-state index in [9.17, 15) is 9.59 Å². The average Bonchev–Trinajstić information content (AvgIpc) is 3.42. The van der Waals surface area contributed by atoms with E-state index in [1.54, 1.807) is 4.90 Å². The summed E-state index contributed by atoms with van der Waals surface area (Å²) in [5.74, 6) is 1.56. The zero-order valence-electron chi connectivity index (χ0n) is 18.1. The number of nitrogens with one attached hydrogen (secondary N) is 1. The van der Waals surface area contributed by atoms with E-state index in [0.717, 1.165) is 42.7 Å². The monoisotopic (exact) mass is 415 g/mol. The first-order chi connectivity index (χ1) is 14.5. The van der Waals surface area contributed by atoms with Crippen molar-refractivity contribution >= 4 is 11.9 Å². The standard InChI is InChI=1S/C23H33N3O4/c1-16(2)24-23(28)25-11-5-6-18(14-25)22(27)26(19-7-3-4-8-19)13-17-9-10-20-21(12-17)30-15-29-20/h9-10,12,16,18-19H,3-8,11,13-15H2,1-2H3,(H,24,28)/t18-/m0/s1. The third kappa shape index (κ3) is 4.65. The van der Waals surface area contributed by atoms with Crippen molar-refractivity contribution in [3.63, 3.8) is 0 Å². The number of likely N-dealkylation sites (tertiary alicyclic amines) is 1. The molecule has 2 fully saturated rings. The molecular weight excluding hydrogens is 382 g/mol. The van der Waals surface area contributed by atoms with Crippen LogP contribution in [0.2, 0.25) is 0 Å². The number of hydrogen-bond donors (Lipinski definition) is 1. The summed E-state index contributed by atoms with van der Waals surface area (Å²) < 4.78 is 10.9. The largest absolute Gasteiger partial charge is 0.454 e. The van der Waals surface area contributed by atoms with Crippen LogP contribution in [0.25, 0.3) is 0 Å². The molecule has 2 aliphatic heterocycles. The zero-order valence-corrected chi connectivity index (χ0v) is 18.1. The van der Waals surface area contributed by atoms with Crippen LogP contribution in [-0.4, -0.2) is 53.7 Å². The molecule has 7 heteroatoms. The van der Waals surface area contributed by atoms with Gasteiger partial charge in [0.05, 0.1) is 5.92 Å². The minimum absolute atomic E-state index is 0.0642. The number of ether oxygens (including phenoxy) is 2. The fourth-order valence-electron chi connectivity index (χ4n) is 4.77. The van der Waals surface area contributed by atoms with Gasteiger partial charge in [-0.1, -0.05) is 18.9 Å². The van der Waals surface area contributed by atoms with Gasteiger partial charge in [-0.05, 0) is 57.2 Å². The lowest BCUT2D eigenvalue weighted by atomic mass is 9.95. The molecule has 1 saturated carbocycles. The average molecular weight is 416 g/mol. The third-order valence-corrected chi connectivity index (χ3v) is 6.31. The highest BCUT2D eigenvalue weighted by atomic mass is 16.7. The Morgan fingerprint density at radius 2 is 1.90 bits per heavy atom. The Balaban J connectivity index is 1.47. The first-order valence-electron chi connectivity index (χ1n) is 11.3. The molecule has 1 atom stereocenters. The number of nitrogens with zero attached hydrogens (tertiary/aromatic N) is 2. The molecule has 0 aromatic heterocycles. The number of amides is 3. The zero-order chi connectivity index (χ0) is 21.1. The molecule has 0 radical (unpaired) electrons. The molecule has 1 aromatic carbocycles. The van der Waals surface area contributed by atoms with Crippen molar-refractivity contribution in [2.75, 3.05) is 19.9 Å². The van der Waals surface area contributed by atoms with Crippen LogP contribution in [0.3, 0.4) is 0 Å². The second-order valence-electron chi connectivity index (χ2n) is 8.98. The van der Waals surface area contributed by atoms with E-state index in [-0.39, 0.29) is 36.7 Å². The van der Waals surface area contributed by atoms with Crippen LogP contribution in [0, 0.1) is 5.92 Å². The molecule has 1 aromatic rings. The molecule has 4 rings (SSSR count). The smallest absolute Gasteiger partial charge is 0.317 e. The number of hydrogen-bond acceptors (Lipinski definition) is 4. The maximum absolute atomic E-state index is 13.6. The number of benzene rings is 1. The predicted molar refractivity (Wildman–Crippen MR) is 113 cm³/mol. The summed E-state index contributed by atoms with van der Waals surface area (Å²) in [4.78, 5) is 30.0. The predicted octanol–water partition coefficient (Wildman–Crippen LogP) is 3.52. The number of urea groups is 1. The van der Waals surface area contributed by atoms with Gasteiger partial charge < -0.3 is 24.6 Å². The molecule has 0 bridgehead atoms. The quantitative estimate of drug-likeness (QED) is 0.799. The van der Waals surface area contributed by atoms with Crippen LogP contribution in [0.1, 0.15) is 57.9 Å². The molecule has 3 aliphatic rings. The molecule has 0 unspecified atom stereocenters. The van der Waals surface area contributed by atoms with E-state index in [1.807, 2.05) is 32.0 Å². The number of piperidine rings is 1. The highest BCUT2D eigenvalue weighted by Gasteiger charge is 2.35. The Labute approximate surface area is 178 Å². The molecule has 1 saturated heterocycles. The highest BCUT2D eigenvalue weighted by Crippen LogP contribution is 2.34. The van der Waals surface area contributed by atoms with E-state index in [2.05, 4.69) is 10.2 Å². The Morgan fingerprint density at radius 1 is 1.13 bits per heavy atom. The van der Waals surface area contributed by atoms with Crippen LogP contribution >= 0.6 is 0 Å². The van der Waals surface area contributed by atoms with E-state index in [4.69, 9.17) is 9.47 Å². The van der Waals surface area contributed by atoms with Gasteiger partial charge in [-0.15, -0.1) is 0 Å². The lowest BCUT2D eigenvalue weighted by Gasteiger charge is -2.37. The Morgan fingerprint density at radius 3 is 2.67 bits per heavy atom. The van der Waals surface area contributed by atoms with E-state index >= 15 is 0 Å². The van der Waals surface area contributed by atoms with Crippen molar-refractivity contribution in [1.29, 1.82) is 0 Å². The summed E-state index contributed by atoms with van der Waals surface area (Å²) in [7, 11) is 0. The van der Waals surface area contributed by atoms with E-state index < -0.39 is 0 Å². The molecule has 164 valence electrons. The molecule has 1 N–H and O–H groups in total. The minimum atomic E-state index is -0.133. The van der Waals surface area contributed by atoms with E-state index in [0.29, 0.717) is 19.6 Å². The SMILES string of the molecule is CC(C)NC(=O)N1CCC[C@H](C(=O)N(Cc2ccc3c(c2)OCO3)C2CCCC2)C1. The number of carbonyl (C=O) groups is 2. The number of rotatable bonds is 5. The number of carbonyl (C=O) groups excluding carboxylic acids is 2. The van der Waals surface area contributed by atoms with Crippen LogP contribution in [0.15, 0.2) is 18.2 Å². The van der Waals surface area contributed by atoms with Gasteiger partial charge in [-0.3, -0.25) is 4.79 Å². The van der Waals surface area contributed by atoms with Crippen molar-refractivity contribution in [2.24, 2.45) is 5.92 Å². The third-order valence-electron chi connectivity index (χ3n) is 6.31. The summed E-state index contributed by atoms with van der Waals surface area (Å²) in [6.45, 7) is 5.96. The summed E-state index contributed by atoms with van der Waals surface area (Å²) in [5.41, 5.74) is 1.06. The number of fused-ring (bicyclic) bond motifs is 1. The first-order valence-corrected chi connectivity index (χ1v) is 11.3. The normalized spacial score (nSPS) is 21.2. The Bertz CT molecular complexity index is 776. The summed E-state index contributed by atoms with van der Waals surface area (Å²) >= 11 is 0. The van der Waals surface area contributed by atoms with Crippen LogP contribution in [0.5, 0.6) is 11.5 Å². The molecule has 2 heterocycles. The molecule has 30 heavy (non-hydrogen) atoms. The van der Waals surface area contributed by atoms with Gasteiger partial charge in [0.25, 0.3) is 0 Å². The van der Waals surface area contributed by atoms with Crippen molar-refractivity contribution in [3.05, 3.63) is 23.8 Å². The summed E-state index contributed by atoms with van der Waals surface area (Å²) in [5, 5.41) is 2.96. The summed E-state index contributed by atoms with van der Waals surface area (Å²) in [6.07, 6.45) is 6.16. The van der Waals surface area contributed by atoms with Crippen molar-refractivity contribution in [2.45, 2.75) is 71.0 Å². The van der Waals surface area contributed by atoms with Crippen LogP contribution < -0.4 is 14.8 Å². The maximum atomic E-state index is 13.6. The molecule has 0 spiro atoms. The van der Waals surface area contributed by atoms with Crippen molar-refractivity contribution in [3.8, 4) is 11.5 Å². The Hall–Kier alpha value is -2.44. The molecular formula is C23H33N3O4. The molecule has 7 nitrogen and oxygen atoms in total. The van der Waals surface area contributed by atoms with E-state index in [1.165, 1.54) is 12.8 Å². The summed E-state index contributed by atoms with van der Waals surface area (Å²) in [6, 6.07) is 6.24. The van der Waals surface area contributed by atoms with Gasteiger partial charge in [0.2, 0.25) is 12.7 Å². The molecule has 1 aliphatic carbocycles. The van der Waals surface area contributed by atoms with Crippen LogP contribution in [0.4, 0.5) is 4.79 Å². The van der Waals surface area contributed by atoms with Gasteiger partial charge in [-0.25, -0.2) is 4.79 Å². The Kier molecular flexibility index (Phi) is 6.35. The van der Waals surface area contributed by atoms with Crippen molar-refractivity contribution < 1.29 is 19.1 Å². The first kappa shape index (κ1) is 20.8. The lowest BCUT2D eigenvalue weighted by Crippen LogP contribution is -2.51. The maximum Gasteiger partial charge on any atom is 0.317 e. The second-order valence-corrected chi connectivity index (χ2v) is 8.98. The fourth-order valence-corrected chi connectivity index (χ4v) is 4.77. The second kappa shape index (κ2) is 9.14. The van der Waals surface area contributed by atoms with Gasteiger partial charge in [-0.2, -0.15) is 0 Å². The van der Waals surface area contributed by atoms with Gasteiger partial charge in [0.15, 0.2) is 11.5 Å². The topological polar surface area (TPSA) is 71.1 Å². The van der Waals surface area contributed by atoms with Gasteiger partial charge in [0.1, 0.15) is 0 Å². The van der Waals surface area contributed by atoms with Crippen LogP contribution in [-0.2, 0) is 11.3 Å². The van der Waals surface area contributed by atoms with Gasteiger partial charge in [0, 0.05) is 31.7 Å². The lowest BCUT2D eigenvalue weighted by molar-refractivity contribution is -0.140. The minimum Gasteiger partial charge on any atom is -0.454 e. The highest BCUT2D eigenvalue weighted by molar-refractivity contribution is 5.81. The fraction of sp³-hybridized carbons (Fsp3) is 0.652. The molecule has 3 amide bonds. The van der Waals surface area contributed by atoms with Crippen molar-refractivity contribution in [1.82, 2.24) is 15.1 Å². The van der Waals surface area contributed by atoms with Gasteiger partial charge >= 0.3 is 6.03 Å².